The van der Waals surface area contributed by atoms with Crippen molar-refractivity contribution in [1.82, 2.24) is 0 Å². The Morgan fingerprint density at radius 3 is 1.70 bits per heavy atom. The number of hydrogen-bond acceptors (Lipinski definition) is 4. The summed E-state index contributed by atoms with van der Waals surface area (Å²) in [5, 5.41) is 19.1. The Morgan fingerprint density at radius 1 is 1.60 bits per heavy atom. The van der Waals surface area contributed by atoms with Crippen LogP contribution in [0, 0.1) is 0 Å². The van der Waals surface area contributed by atoms with E-state index >= 15 is 0 Å². The molecule has 0 saturated carbocycles. The second-order valence-electron chi connectivity index (χ2n) is 1.03. The number of aliphatic hydroxyl groups excluding tert-OH is 1. The highest BCUT2D eigenvalue weighted by Crippen LogP contribution is 1.42. The molecule has 0 aromatic heterocycles. The number of nitrogens with two attached hydrogens (primary N) is 2. The van der Waals surface area contributed by atoms with Gasteiger partial charge in [-0.3, -0.25) is 4.79 Å². The summed E-state index contributed by atoms with van der Waals surface area (Å²) in [4.78, 5) is 9.00. The van der Waals surface area contributed by atoms with Gasteiger partial charge in [-0.15, -0.1) is 0 Å². The van der Waals surface area contributed by atoms with Gasteiger partial charge in [-0.2, -0.15) is 0 Å². The van der Waals surface area contributed by atoms with Gasteiger partial charge < -0.3 is 15.9 Å². The van der Waals surface area contributed by atoms with E-state index < -0.39 is 5.97 Å². The van der Waals surface area contributed by atoms with Crippen LogP contribution in [0.25, 0.3) is 0 Å². The Labute approximate surface area is 64.7 Å². The van der Waals surface area contributed by atoms with Gasteiger partial charge in [0.1, 0.15) is 0 Å². The second-order valence-corrected chi connectivity index (χ2v) is 1.03. The molecule has 0 aromatic rings. The molecule has 0 atom stereocenters. The van der Waals surface area contributed by atoms with Crippen LogP contribution < -0.4 is 11.0 Å². The number of carboxylic acid groups (broad SMARTS) is 1. The van der Waals surface area contributed by atoms with Crippen molar-refractivity contribution in [3.05, 3.63) is 0 Å². The van der Waals surface area contributed by atoms with Gasteiger partial charge in [0.25, 0.3) is 5.97 Å². The molecule has 0 rings (SSSR count). The first-order chi connectivity index (χ1) is 4.65. The summed E-state index contributed by atoms with van der Waals surface area (Å²) in [7, 11) is 0. The van der Waals surface area contributed by atoms with Gasteiger partial charge in [-0.25, -0.2) is 5.25 Å². The largest absolute Gasteiger partial charge is 0.481 e. The number of carboxylic acids is 1. The molecule has 0 spiro atoms. The number of hydrogen-bond donors (Lipinski definition) is 4. The standard InChI is InChI=1S/C2H7NO.C2H4O2.ClH2N/c3-1-2-4;1-2(3)4;1-2/h4H,1-3H2;1H3,(H,3,4);2H2. The topological polar surface area (TPSA) is 110 Å². The van der Waals surface area contributed by atoms with Crippen LogP contribution in [-0.4, -0.2) is 29.3 Å². The fraction of sp³-hybridized carbons (Fsp3) is 0.750. The van der Waals surface area contributed by atoms with Crippen LogP contribution in [0.2, 0.25) is 0 Å². The smallest absolute Gasteiger partial charge is 0.300 e. The van der Waals surface area contributed by atoms with Crippen LogP contribution >= 0.6 is 11.8 Å². The fourth-order valence-corrected chi connectivity index (χ4v) is 0. The van der Waals surface area contributed by atoms with Gasteiger partial charge in [-0.1, -0.05) is 0 Å². The highest BCUT2D eigenvalue weighted by atomic mass is 35.5. The van der Waals surface area contributed by atoms with Gasteiger partial charge in [0.15, 0.2) is 0 Å². The Kier molecular flexibility index (Phi) is 38.2. The summed E-state index contributed by atoms with van der Waals surface area (Å²) >= 11 is 4.14. The highest BCUT2D eigenvalue weighted by molar-refractivity contribution is 6.11. The lowest BCUT2D eigenvalue weighted by molar-refractivity contribution is -0.134. The maximum absolute atomic E-state index is 9.00. The predicted molar refractivity (Wildman–Crippen MR) is 39.5 cm³/mol. The summed E-state index contributed by atoms with van der Waals surface area (Å²) < 4.78 is 0. The summed E-state index contributed by atoms with van der Waals surface area (Å²) in [6.07, 6.45) is 0. The molecule has 0 unspecified atom stereocenters. The zero-order chi connectivity index (χ0) is 8.99. The third kappa shape index (κ3) is 822. The van der Waals surface area contributed by atoms with E-state index in [-0.39, 0.29) is 6.61 Å². The monoisotopic (exact) mass is 172 g/mol. The average molecular weight is 173 g/mol. The summed E-state index contributed by atoms with van der Waals surface area (Å²) in [6.45, 7) is 1.56. The van der Waals surface area contributed by atoms with Crippen molar-refractivity contribution in [2.45, 2.75) is 6.92 Å². The minimum absolute atomic E-state index is 0.0972. The molecule has 6 N–H and O–H groups in total. The summed E-state index contributed by atoms with van der Waals surface area (Å²) in [5.74, 6) is -0.833. The second kappa shape index (κ2) is 23.4. The minimum Gasteiger partial charge on any atom is -0.481 e. The van der Waals surface area contributed by atoms with Crippen LogP contribution in [0.4, 0.5) is 0 Å². The third-order valence-corrected chi connectivity index (χ3v) is 0.129. The van der Waals surface area contributed by atoms with Crippen molar-refractivity contribution >= 4 is 17.7 Å². The lowest BCUT2D eigenvalue weighted by Crippen LogP contribution is -2.02. The van der Waals surface area contributed by atoms with Gasteiger partial charge in [0, 0.05) is 13.5 Å². The van der Waals surface area contributed by atoms with E-state index in [9.17, 15) is 0 Å². The van der Waals surface area contributed by atoms with Crippen molar-refractivity contribution in [3.8, 4) is 0 Å². The number of aliphatic carboxylic acids is 1. The van der Waals surface area contributed by atoms with Crippen LogP contribution in [0.5, 0.6) is 0 Å². The molecule has 0 fully saturated rings. The van der Waals surface area contributed by atoms with E-state index in [1.54, 1.807) is 0 Å². The van der Waals surface area contributed by atoms with E-state index in [2.05, 4.69) is 17.0 Å². The number of rotatable bonds is 1. The first-order valence-electron chi connectivity index (χ1n) is 2.37. The first kappa shape index (κ1) is 16.3. The maximum atomic E-state index is 9.00. The molecule has 0 saturated heterocycles. The molecule has 10 heavy (non-hydrogen) atoms. The first-order valence-corrected chi connectivity index (χ1v) is 2.81. The predicted octanol–water partition coefficient (Wildman–Crippen LogP) is -0.873. The zero-order valence-electron chi connectivity index (χ0n) is 5.75. The Balaban J connectivity index is -0.0000000787. The van der Waals surface area contributed by atoms with Gasteiger partial charge >= 0.3 is 0 Å². The van der Waals surface area contributed by atoms with E-state index in [1.807, 2.05) is 0 Å². The highest BCUT2D eigenvalue weighted by Gasteiger charge is 1.65. The van der Waals surface area contributed by atoms with Crippen molar-refractivity contribution in [2.24, 2.45) is 11.0 Å². The third-order valence-electron chi connectivity index (χ3n) is 0.129. The normalized spacial score (nSPS) is 6.10. The molecule has 5 nitrogen and oxygen atoms in total. The molecule has 0 aliphatic rings. The minimum atomic E-state index is -0.833. The van der Waals surface area contributed by atoms with Crippen LogP contribution in [0.3, 0.4) is 0 Å². The van der Waals surface area contributed by atoms with Crippen molar-refractivity contribution in [1.29, 1.82) is 0 Å². The van der Waals surface area contributed by atoms with Crippen LogP contribution in [-0.2, 0) is 4.79 Å². The molecule has 0 radical (unpaired) electrons. The molecular weight excluding hydrogens is 160 g/mol. The van der Waals surface area contributed by atoms with E-state index in [0.29, 0.717) is 6.54 Å². The van der Waals surface area contributed by atoms with E-state index in [4.69, 9.17) is 20.7 Å². The molecule has 64 valence electrons. The fourth-order valence-electron chi connectivity index (χ4n) is 0. The molecule has 0 heterocycles. The van der Waals surface area contributed by atoms with Crippen LogP contribution in [0.1, 0.15) is 6.92 Å². The number of carbonyl (C=O) groups is 1. The van der Waals surface area contributed by atoms with Crippen LogP contribution in [0.15, 0.2) is 0 Å². The molecule has 0 amide bonds. The summed E-state index contributed by atoms with van der Waals surface area (Å²) in [5.41, 5.74) is 4.78. The molecule has 0 aromatic carbocycles. The van der Waals surface area contributed by atoms with Crippen molar-refractivity contribution in [3.63, 3.8) is 0 Å². The van der Waals surface area contributed by atoms with Gasteiger partial charge in [0.2, 0.25) is 0 Å². The molecule has 0 bridgehead atoms. The Bertz CT molecular complexity index is 56.5. The summed E-state index contributed by atoms with van der Waals surface area (Å²) in [6, 6.07) is 0. The molecular formula is C4H13ClN2O3. The number of aliphatic hydroxyl groups is 1. The van der Waals surface area contributed by atoms with E-state index in [0.717, 1.165) is 6.92 Å². The van der Waals surface area contributed by atoms with Gasteiger partial charge in [-0.05, 0) is 11.8 Å². The maximum Gasteiger partial charge on any atom is 0.300 e. The zero-order valence-corrected chi connectivity index (χ0v) is 6.51. The Hall–Kier alpha value is -0.360. The number of halogens is 1. The SMILES string of the molecule is CC(=O)O.NCCO.NCl. The molecule has 6 heteroatoms. The molecule has 0 aliphatic carbocycles. The van der Waals surface area contributed by atoms with Crippen molar-refractivity contribution < 1.29 is 15.0 Å². The Morgan fingerprint density at radius 2 is 1.70 bits per heavy atom. The van der Waals surface area contributed by atoms with Gasteiger partial charge in [0.05, 0.1) is 6.61 Å². The lowest BCUT2D eigenvalue weighted by Gasteiger charge is -1.71. The lowest BCUT2D eigenvalue weighted by atomic mass is 10.8. The molecule has 0 aliphatic heterocycles. The quantitative estimate of drug-likeness (QED) is 0.385. The van der Waals surface area contributed by atoms with E-state index in [1.165, 1.54) is 0 Å². The average Bonchev–Trinajstić information content (AvgIpc) is 1.91. The van der Waals surface area contributed by atoms with Crippen molar-refractivity contribution in [2.75, 3.05) is 13.2 Å².